The standard InChI is InChI=1S/C24H37BN4O5S/c1-22(2)23(3,4)34-25(33-22)17-9-10-19(20(14-17)35(30,31)18-15-28(5)16-18)24(26)11-12-29(27-24)21-8-6-7-13-32-21/h9-12,14,18,21,27H,6-8,13,15-16,26H2,1-5H3. The molecule has 2 atom stereocenters. The van der Waals surface area contributed by atoms with E-state index in [1.165, 1.54) is 0 Å². The second-order valence-electron chi connectivity index (χ2n) is 11.3. The number of nitrogens with two attached hydrogens (primary N) is 1. The molecule has 0 amide bonds. The predicted molar refractivity (Wildman–Crippen MR) is 134 cm³/mol. The molecule has 192 valence electrons. The summed E-state index contributed by atoms with van der Waals surface area (Å²) in [5.41, 5.74) is 9.04. The van der Waals surface area contributed by atoms with Gasteiger partial charge < -0.3 is 24.7 Å². The van der Waals surface area contributed by atoms with Crippen LogP contribution in [0.3, 0.4) is 0 Å². The predicted octanol–water partition coefficient (Wildman–Crippen LogP) is 1.05. The molecule has 4 aliphatic heterocycles. The van der Waals surface area contributed by atoms with Crippen molar-refractivity contribution >= 4 is 22.4 Å². The molecule has 4 aliphatic rings. The van der Waals surface area contributed by atoms with Crippen LogP contribution in [0.1, 0.15) is 52.5 Å². The minimum absolute atomic E-state index is 0.130. The third kappa shape index (κ3) is 4.35. The van der Waals surface area contributed by atoms with Gasteiger partial charge in [0.2, 0.25) is 0 Å². The maximum atomic E-state index is 13.8. The van der Waals surface area contributed by atoms with Crippen LogP contribution in [0.5, 0.6) is 0 Å². The average molecular weight is 504 g/mol. The SMILES string of the molecule is CN1CC(S(=O)(=O)c2cc(B3OC(C)(C)C(C)(C)O3)ccc2C2(N)C=CN(C3CCCCO3)N2)C1. The minimum atomic E-state index is -3.65. The van der Waals surface area contributed by atoms with Gasteiger partial charge in [-0.1, -0.05) is 12.1 Å². The molecule has 11 heteroatoms. The lowest BCUT2D eigenvalue weighted by molar-refractivity contribution is -0.0888. The van der Waals surface area contributed by atoms with Crippen molar-refractivity contribution in [1.82, 2.24) is 15.3 Å². The summed E-state index contributed by atoms with van der Waals surface area (Å²) < 4.78 is 46.0. The zero-order chi connectivity index (χ0) is 25.2. The molecule has 0 radical (unpaired) electrons. The summed E-state index contributed by atoms with van der Waals surface area (Å²) in [6, 6.07) is 5.33. The van der Waals surface area contributed by atoms with E-state index in [9.17, 15) is 8.42 Å². The quantitative estimate of drug-likeness (QED) is 0.569. The Bertz CT molecular complexity index is 1100. The third-order valence-electron chi connectivity index (χ3n) is 8.03. The topological polar surface area (TPSA) is 106 Å². The van der Waals surface area contributed by atoms with Crippen LogP contribution in [0.15, 0.2) is 35.4 Å². The summed E-state index contributed by atoms with van der Waals surface area (Å²) in [5.74, 6) is 0. The smallest absolute Gasteiger partial charge is 0.399 e. The van der Waals surface area contributed by atoms with Crippen molar-refractivity contribution in [1.29, 1.82) is 0 Å². The first-order chi connectivity index (χ1) is 16.3. The van der Waals surface area contributed by atoms with Crippen LogP contribution < -0.4 is 16.6 Å². The molecule has 5 rings (SSSR count). The van der Waals surface area contributed by atoms with Crippen molar-refractivity contribution in [2.24, 2.45) is 5.73 Å². The number of rotatable bonds is 5. The Balaban J connectivity index is 1.51. The molecule has 4 heterocycles. The zero-order valence-electron chi connectivity index (χ0n) is 21.3. The zero-order valence-corrected chi connectivity index (χ0v) is 22.1. The first kappa shape index (κ1) is 25.2. The Labute approximate surface area is 209 Å². The van der Waals surface area contributed by atoms with E-state index in [0.29, 0.717) is 30.7 Å². The van der Waals surface area contributed by atoms with E-state index in [0.717, 1.165) is 19.3 Å². The second kappa shape index (κ2) is 8.54. The first-order valence-electron chi connectivity index (χ1n) is 12.4. The summed E-state index contributed by atoms with van der Waals surface area (Å²) in [4.78, 5) is 2.21. The summed E-state index contributed by atoms with van der Waals surface area (Å²) in [7, 11) is -2.40. The monoisotopic (exact) mass is 504 g/mol. The van der Waals surface area contributed by atoms with E-state index < -0.39 is 39.1 Å². The molecule has 1 aromatic rings. The fraction of sp³-hybridized carbons (Fsp3) is 0.667. The van der Waals surface area contributed by atoms with E-state index in [1.807, 2.05) is 56.9 Å². The molecule has 0 aromatic heterocycles. The Morgan fingerprint density at radius 3 is 2.40 bits per heavy atom. The Morgan fingerprint density at radius 2 is 1.80 bits per heavy atom. The minimum Gasteiger partial charge on any atom is -0.399 e. The molecule has 35 heavy (non-hydrogen) atoms. The van der Waals surface area contributed by atoms with Gasteiger partial charge in [-0.2, -0.15) is 0 Å². The Morgan fingerprint density at radius 1 is 1.11 bits per heavy atom. The molecule has 0 saturated carbocycles. The van der Waals surface area contributed by atoms with Crippen molar-refractivity contribution in [2.75, 3.05) is 26.7 Å². The Hall–Kier alpha value is -1.47. The average Bonchev–Trinajstić information content (AvgIpc) is 3.29. The summed E-state index contributed by atoms with van der Waals surface area (Å²) >= 11 is 0. The normalized spacial score (nSPS) is 31.2. The summed E-state index contributed by atoms with van der Waals surface area (Å²) in [5, 5.41) is 1.38. The molecule has 3 saturated heterocycles. The van der Waals surface area contributed by atoms with E-state index in [2.05, 4.69) is 5.43 Å². The van der Waals surface area contributed by atoms with Crippen LogP contribution in [-0.2, 0) is 29.5 Å². The van der Waals surface area contributed by atoms with Crippen molar-refractivity contribution in [3.63, 3.8) is 0 Å². The van der Waals surface area contributed by atoms with Gasteiger partial charge in [0, 0.05) is 31.5 Å². The van der Waals surface area contributed by atoms with Crippen LogP contribution in [0.4, 0.5) is 0 Å². The maximum absolute atomic E-state index is 13.8. The van der Waals surface area contributed by atoms with Crippen LogP contribution >= 0.6 is 0 Å². The molecule has 9 nitrogen and oxygen atoms in total. The number of benzene rings is 1. The second-order valence-corrected chi connectivity index (χ2v) is 13.5. The highest BCUT2D eigenvalue weighted by Crippen LogP contribution is 2.38. The van der Waals surface area contributed by atoms with Gasteiger partial charge in [0.25, 0.3) is 0 Å². The molecule has 3 N–H and O–H groups in total. The number of nitrogens with zero attached hydrogens (tertiary/aromatic N) is 2. The molecule has 0 spiro atoms. The summed E-state index contributed by atoms with van der Waals surface area (Å²) in [6.45, 7) is 9.60. The largest absolute Gasteiger partial charge is 0.494 e. The van der Waals surface area contributed by atoms with E-state index in [4.69, 9.17) is 19.8 Å². The highest BCUT2D eigenvalue weighted by atomic mass is 32.2. The van der Waals surface area contributed by atoms with Gasteiger partial charge >= 0.3 is 7.12 Å². The number of likely N-dealkylation sites (tertiary alicyclic amines) is 1. The Kier molecular flexibility index (Phi) is 6.15. The van der Waals surface area contributed by atoms with E-state index >= 15 is 0 Å². The van der Waals surface area contributed by atoms with E-state index in [1.54, 1.807) is 18.2 Å². The molecular formula is C24H37BN4O5S. The third-order valence-corrected chi connectivity index (χ3v) is 10.2. The number of hydrazine groups is 1. The maximum Gasteiger partial charge on any atom is 0.494 e. The van der Waals surface area contributed by atoms with Crippen molar-refractivity contribution in [2.45, 2.75) is 80.2 Å². The lowest BCUT2D eigenvalue weighted by Gasteiger charge is -2.38. The lowest BCUT2D eigenvalue weighted by atomic mass is 9.78. The van der Waals surface area contributed by atoms with Crippen molar-refractivity contribution in [3.05, 3.63) is 36.0 Å². The van der Waals surface area contributed by atoms with Gasteiger partial charge in [-0.15, -0.1) is 0 Å². The molecular weight excluding hydrogens is 467 g/mol. The lowest BCUT2D eigenvalue weighted by Crippen LogP contribution is -2.56. The van der Waals surface area contributed by atoms with Crippen LogP contribution in [0.25, 0.3) is 0 Å². The van der Waals surface area contributed by atoms with Gasteiger partial charge in [0.05, 0.1) is 21.3 Å². The highest BCUT2D eigenvalue weighted by molar-refractivity contribution is 7.92. The molecule has 3 fully saturated rings. The van der Waals surface area contributed by atoms with Crippen LogP contribution in [0.2, 0.25) is 0 Å². The fourth-order valence-corrected chi connectivity index (χ4v) is 7.11. The van der Waals surface area contributed by atoms with Crippen molar-refractivity contribution < 1.29 is 22.5 Å². The molecule has 2 unspecified atom stereocenters. The molecule has 1 aromatic carbocycles. The highest BCUT2D eigenvalue weighted by Gasteiger charge is 2.52. The van der Waals surface area contributed by atoms with Gasteiger partial charge in [-0.05, 0) is 71.6 Å². The van der Waals surface area contributed by atoms with Crippen LogP contribution in [0, 0.1) is 0 Å². The van der Waals surface area contributed by atoms with Gasteiger partial charge in [0.1, 0.15) is 11.9 Å². The fourth-order valence-electron chi connectivity index (χ4n) is 5.01. The van der Waals surface area contributed by atoms with Gasteiger partial charge in [-0.3, -0.25) is 5.01 Å². The number of sulfone groups is 1. The van der Waals surface area contributed by atoms with Crippen LogP contribution in [-0.4, -0.2) is 74.9 Å². The number of nitrogens with one attached hydrogen (secondary N) is 1. The number of ether oxygens (including phenoxy) is 1. The first-order valence-corrected chi connectivity index (χ1v) is 14.0. The molecule has 0 bridgehead atoms. The van der Waals surface area contributed by atoms with E-state index in [-0.39, 0.29) is 11.1 Å². The summed E-state index contributed by atoms with van der Waals surface area (Å²) in [6.07, 6.45) is 6.53. The van der Waals surface area contributed by atoms with Gasteiger partial charge in [0.15, 0.2) is 9.84 Å². The van der Waals surface area contributed by atoms with Crippen molar-refractivity contribution in [3.8, 4) is 0 Å². The number of hydrogen-bond donors (Lipinski definition) is 2. The van der Waals surface area contributed by atoms with Gasteiger partial charge in [-0.25, -0.2) is 13.8 Å². The number of hydrogen-bond acceptors (Lipinski definition) is 9. The molecule has 0 aliphatic carbocycles.